The van der Waals surface area contributed by atoms with Gasteiger partial charge in [0.2, 0.25) is 0 Å². The van der Waals surface area contributed by atoms with Crippen LogP contribution >= 0.6 is 0 Å². The summed E-state index contributed by atoms with van der Waals surface area (Å²) in [4.78, 5) is 0. The Morgan fingerprint density at radius 3 is 2.67 bits per heavy atom. The van der Waals surface area contributed by atoms with Gasteiger partial charge in [-0.1, -0.05) is 12.1 Å². The van der Waals surface area contributed by atoms with Gasteiger partial charge in [-0.05, 0) is 17.7 Å². The van der Waals surface area contributed by atoms with Crippen LogP contribution < -0.4 is 10.1 Å². The molecule has 3 nitrogen and oxygen atoms in total. The van der Waals surface area contributed by atoms with E-state index >= 15 is 0 Å². The van der Waals surface area contributed by atoms with E-state index in [2.05, 4.69) is 17.4 Å². The highest BCUT2D eigenvalue weighted by atomic mass is 16.5. The number of nitrogens with one attached hydrogen (secondary N) is 1. The minimum absolute atomic E-state index is 0.00757. The molecule has 1 aromatic rings. The van der Waals surface area contributed by atoms with Crippen LogP contribution in [0.25, 0.3) is 0 Å². The van der Waals surface area contributed by atoms with Gasteiger partial charge in [-0.3, -0.25) is 0 Å². The molecule has 0 spiro atoms. The summed E-state index contributed by atoms with van der Waals surface area (Å²) in [6, 6.07) is 8.16. The minimum atomic E-state index is -0.00757. The fraction of sp³-hybridized carbons (Fsp3) is 0.500. The lowest BCUT2D eigenvalue weighted by molar-refractivity contribution is -0.0502. The van der Waals surface area contributed by atoms with Crippen molar-refractivity contribution in [1.29, 1.82) is 0 Å². The Morgan fingerprint density at radius 2 is 2.13 bits per heavy atom. The standard InChI is InChI=1S/C12H17NO2/c1-14-11-5-3-4-10(6-11)7-12(15-2)8-13-9-12/h3-6,13H,7-9H2,1-2H3. The zero-order valence-corrected chi connectivity index (χ0v) is 9.25. The SMILES string of the molecule is COc1cccc(CC2(OC)CNC2)c1. The van der Waals surface area contributed by atoms with Gasteiger partial charge >= 0.3 is 0 Å². The Kier molecular flexibility index (Phi) is 2.93. The molecule has 2 rings (SSSR count). The molecule has 1 aliphatic heterocycles. The maximum Gasteiger partial charge on any atom is 0.119 e. The average Bonchev–Trinajstić information content (AvgIpc) is 2.24. The minimum Gasteiger partial charge on any atom is -0.497 e. The molecule has 0 bridgehead atoms. The summed E-state index contributed by atoms with van der Waals surface area (Å²) in [5.74, 6) is 0.908. The number of ether oxygens (including phenoxy) is 2. The van der Waals surface area contributed by atoms with Crippen LogP contribution in [0.3, 0.4) is 0 Å². The van der Waals surface area contributed by atoms with Crippen molar-refractivity contribution in [3.8, 4) is 5.75 Å². The largest absolute Gasteiger partial charge is 0.497 e. The van der Waals surface area contributed by atoms with Crippen LogP contribution in [0.1, 0.15) is 5.56 Å². The third-order valence-electron chi connectivity index (χ3n) is 2.99. The monoisotopic (exact) mass is 207 g/mol. The second kappa shape index (κ2) is 4.21. The van der Waals surface area contributed by atoms with Crippen molar-refractivity contribution in [3.05, 3.63) is 29.8 Å². The first-order valence-corrected chi connectivity index (χ1v) is 5.17. The molecule has 1 aromatic carbocycles. The Morgan fingerprint density at radius 1 is 1.33 bits per heavy atom. The van der Waals surface area contributed by atoms with E-state index in [0.717, 1.165) is 25.3 Å². The molecule has 0 aromatic heterocycles. The van der Waals surface area contributed by atoms with Crippen molar-refractivity contribution in [2.24, 2.45) is 0 Å². The predicted molar refractivity (Wildman–Crippen MR) is 59.3 cm³/mol. The van der Waals surface area contributed by atoms with Crippen molar-refractivity contribution in [3.63, 3.8) is 0 Å². The van der Waals surface area contributed by atoms with Gasteiger partial charge < -0.3 is 14.8 Å². The molecule has 1 aliphatic rings. The van der Waals surface area contributed by atoms with Crippen molar-refractivity contribution < 1.29 is 9.47 Å². The van der Waals surface area contributed by atoms with E-state index in [4.69, 9.17) is 9.47 Å². The molecule has 0 unspecified atom stereocenters. The highest BCUT2D eigenvalue weighted by Gasteiger charge is 2.36. The van der Waals surface area contributed by atoms with E-state index in [1.54, 1.807) is 14.2 Å². The van der Waals surface area contributed by atoms with E-state index in [0.29, 0.717) is 0 Å². The summed E-state index contributed by atoms with van der Waals surface area (Å²) < 4.78 is 10.7. The third kappa shape index (κ3) is 2.13. The maximum atomic E-state index is 5.55. The molecule has 82 valence electrons. The number of rotatable bonds is 4. The molecule has 0 aliphatic carbocycles. The van der Waals surface area contributed by atoms with Crippen molar-refractivity contribution in [2.45, 2.75) is 12.0 Å². The van der Waals surface area contributed by atoms with E-state index < -0.39 is 0 Å². The molecule has 0 radical (unpaired) electrons. The number of hydrogen-bond acceptors (Lipinski definition) is 3. The van der Waals surface area contributed by atoms with Crippen molar-refractivity contribution in [1.82, 2.24) is 5.32 Å². The molecule has 1 N–H and O–H groups in total. The first-order valence-electron chi connectivity index (χ1n) is 5.17. The van der Waals surface area contributed by atoms with Gasteiger partial charge in [0.25, 0.3) is 0 Å². The van der Waals surface area contributed by atoms with Crippen LogP contribution in [-0.2, 0) is 11.2 Å². The molecule has 1 saturated heterocycles. The highest BCUT2D eigenvalue weighted by Crippen LogP contribution is 2.23. The van der Waals surface area contributed by atoms with Gasteiger partial charge in [0.05, 0.1) is 12.7 Å². The Labute approximate surface area is 90.4 Å². The molecule has 15 heavy (non-hydrogen) atoms. The van der Waals surface area contributed by atoms with Crippen molar-refractivity contribution in [2.75, 3.05) is 27.3 Å². The highest BCUT2D eigenvalue weighted by molar-refractivity contribution is 5.30. The lowest BCUT2D eigenvalue weighted by atomic mass is 9.89. The molecular weight excluding hydrogens is 190 g/mol. The fourth-order valence-corrected chi connectivity index (χ4v) is 1.90. The Hall–Kier alpha value is -1.06. The Balaban J connectivity index is 2.09. The summed E-state index contributed by atoms with van der Waals surface area (Å²) in [6.07, 6.45) is 0.938. The van der Waals surface area contributed by atoms with Crippen LogP contribution in [-0.4, -0.2) is 32.9 Å². The smallest absolute Gasteiger partial charge is 0.119 e. The van der Waals surface area contributed by atoms with Gasteiger partial charge in [-0.25, -0.2) is 0 Å². The topological polar surface area (TPSA) is 30.5 Å². The second-order valence-electron chi connectivity index (χ2n) is 4.02. The third-order valence-corrected chi connectivity index (χ3v) is 2.99. The second-order valence-corrected chi connectivity index (χ2v) is 4.02. The molecule has 0 amide bonds. The summed E-state index contributed by atoms with van der Waals surface area (Å²) in [6.45, 7) is 1.86. The quantitative estimate of drug-likeness (QED) is 0.805. The van der Waals surface area contributed by atoms with Gasteiger partial charge in [0.1, 0.15) is 5.75 Å². The molecular formula is C12H17NO2. The van der Waals surface area contributed by atoms with Gasteiger partial charge in [0, 0.05) is 26.6 Å². The number of hydrogen-bond donors (Lipinski definition) is 1. The Bertz CT molecular complexity index is 329. The molecule has 3 heteroatoms. The van der Waals surface area contributed by atoms with E-state index in [1.807, 2.05) is 12.1 Å². The lowest BCUT2D eigenvalue weighted by Crippen LogP contribution is -2.61. The van der Waals surface area contributed by atoms with E-state index in [9.17, 15) is 0 Å². The molecule has 1 heterocycles. The number of benzene rings is 1. The normalized spacial score (nSPS) is 18.3. The zero-order chi connectivity index (χ0) is 10.7. The summed E-state index contributed by atoms with van der Waals surface area (Å²) >= 11 is 0. The van der Waals surface area contributed by atoms with Crippen LogP contribution in [0.2, 0.25) is 0 Å². The average molecular weight is 207 g/mol. The van der Waals surface area contributed by atoms with E-state index in [1.165, 1.54) is 5.56 Å². The summed E-state index contributed by atoms with van der Waals surface area (Å²) in [7, 11) is 3.47. The molecule has 1 fully saturated rings. The van der Waals surface area contributed by atoms with Crippen LogP contribution in [0.5, 0.6) is 5.75 Å². The maximum absolute atomic E-state index is 5.55. The first kappa shape index (κ1) is 10.5. The van der Waals surface area contributed by atoms with Gasteiger partial charge in [0.15, 0.2) is 0 Å². The summed E-state index contributed by atoms with van der Waals surface area (Å²) in [5, 5.41) is 3.25. The van der Waals surface area contributed by atoms with Gasteiger partial charge in [-0.15, -0.1) is 0 Å². The zero-order valence-electron chi connectivity index (χ0n) is 9.25. The van der Waals surface area contributed by atoms with Crippen LogP contribution in [0, 0.1) is 0 Å². The summed E-state index contributed by atoms with van der Waals surface area (Å²) in [5.41, 5.74) is 1.25. The lowest BCUT2D eigenvalue weighted by Gasteiger charge is -2.41. The first-order chi connectivity index (χ1) is 7.28. The number of methoxy groups -OCH3 is 2. The predicted octanol–water partition coefficient (Wildman–Crippen LogP) is 1.23. The fourth-order valence-electron chi connectivity index (χ4n) is 1.90. The van der Waals surface area contributed by atoms with Gasteiger partial charge in [-0.2, -0.15) is 0 Å². The molecule has 0 saturated carbocycles. The van der Waals surface area contributed by atoms with Crippen LogP contribution in [0.15, 0.2) is 24.3 Å². The van der Waals surface area contributed by atoms with E-state index in [-0.39, 0.29) is 5.60 Å². The van der Waals surface area contributed by atoms with Crippen LogP contribution in [0.4, 0.5) is 0 Å². The van der Waals surface area contributed by atoms with Crippen molar-refractivity contribution >= 4 is 0 Å². The molecule has 0 atom stereocenters.